The molecule has 1 unspecified atom stereocenters. The van der Waals surface area contributed by atoms with Crippen LogP contribution in [0.25, 0.3) is 0 Å². The Labute approximate surface area is 120 Å². The van der Waals surface area contributed by atoms with Crippen molar-refractivity contribution in [3.63, 3.8) is 0 Å². The van der Waals surface area contributed by atoms with Gasteiger partial charge in [-0.05, 0) is 72.3 Å². The van der Waals surface area contributed by atoms with Gasteiger partial charge in [-0.2, -0.15) is 0 Å². The van der Waals surface area contributed by atoms with E-state index in [4.69, 9.17) is 4.74 Å². The van der Waals surface area contributed by atoms with E-state index < -0.39 is 0 Å². The molecule has 1 aliphatic carbocycles. The molecule has 1 aliphatic rings. The van der Waals surface area contributed by atoms with E-state index in [1.165, 1.54) is 25.7 Å². The minimum absolute atomic E-state index is 0.000279. The lowest BCUT2D eigenvalue weighted by molar-refractivity contribution is -0.0529. The van der Waals surface area contributed by atoms with Gasteiger partial charge in [0.25, 0.3) is 0 Å². The van der Waals surface area contributed by atoms with Crippen LogP contribution in [0.1, 0.15) is 73.1 Å². The molecule has 0 N–H and O–H groups in total. The summed E-state index contributed by atoms with van der Waals surface area (Å²) in [4.78, 5) is 2.62. The summed E-state index contributed by atoms with van der Waals surface area (Å²) in [5, 5.41) is 0. The Hall–Kier alpha value is -0.0800. The highest BCUT2D eigenvalue weighted by molar-refractivity contribution is 4.92. The van der Waals surface area contributed by atoms with Gasteiger partial charge in [0.2, 0.25) is 0 Å². The summed E-state index contributed by atoms with van der Waals surface area (Å²) in [6.07, 6.45) is 7.66. The van der Waals surface area contributed by atoms with Crippen LogP contribution in [-0.4, -0.2) is 36.2 Å². The van der Waals surface area contributed by atoms with E-state index >= 15 is 0 Å². The smallest absolute Gasteiger partial charge is 0.0665 e. The van der Waals surface area contributed by atoms with Crippen molar-refractivity contribution in [1.82, 2.24) is 4.90 Å². The molecular formula is C17H35NO. The van der Waals surface area contributed by atoms with Crippen molar-refractivity contribution < 1.29 is 4.74 Å². The van der Waals surface area contributed by atoms with E-state index in [1.54, 1.807) is 0 Å². The van der Waals surface area contributed by atoms with Gasteiger partial charge in [-0.1, -0.05) is 13.8 Å². The van der Waals surface area contributed by atoms with Crippen molar-refractivity contribution >= 4 is 0 Å². The summed E-state index contributed by atoms with van der Waals surface area (Å²) >= 11 is 0. The zero-order valence-corrected chi connectivity index (χ0v) is 14.3. The third-order valence-electron chi connectivity index (χ3n) is 5.54. The second kappa shape index (κ2) is 6.58. The van der Waals surface area contributed by atoms with Crippen LogP contribution in [0.3, 0.4) is 0 Å². The normalized spacial score (nSPS) is 28.4. The molecular weight excluding hydrogens is 234 g/mol. The molecule has 0 saturated heterocycles. The molecule has 0 aromatic carbocycles. The molecule has 0 amide bonds. The van der Waals surface area contributed by atoms with Gasteiger partial charge < -0.3 is 4.74 Å². The van der Waals surface area contributed by atoms with Crippen molar-refractivity contribution in [2.45, 2.75) is 90.3 Å². The molecule has 0 aliphatic heterocycles. The Balaban J connectivity index is 2.65. The van der Waals surface area contributed by atoms with Crippen LogP contribution in [0.4, 0.5) is 0 Å². The maximum Gasteiger partial charge on any atom is 0.0665 e. The van der Waals surface area contributed by atoms with Gasteiger partial charge in [0.1, 0.15) is 0 Å². The van der Waals surface area contributed by atoms with Crippen LogP contribution in [0.2, 0.25) is 0 Å². The van der Waals surface area contributed by atoms with E-state index in [-0.39, 0.29) is 11.1 Å². The molecule has 1 atom stereocenters. The molecule has 19 heavy (non-hydrogen) atoms. The van der Waals surface area contributed by atoms with Gasteiger partial charge >= 0.3 is 0 Å². The first kappa shape index (κ1) is 17.0. The molecule has 0 heterocycles. The lowest BCUT2D eigenvalue weighted by Crippen LogP contribution is -2.52. The minimum Gasteiger partial charge on any atom is -0.378 e. The minimum atomic E-state index is -0.000279. The quantitative estimate of drug-likeness (QED) is 0.705. The Kier molecular flexibility index (Phi) is 5.88. The van der Waals surface area contributed by atoms with Gasteiger partial charge in [0, 0.05) is 18.7 Å². The number of hydrogen-bond donors (Lipinski definition) is 0. The van der Waals surface area contributed by atoms with E-state index in [2.05, 4.69) is 46.6 Å². The summed E-state index contributed by atoms with van der Waals surface area (Å²) < 4.78 is 5.75. The third-order valence-corrected chi connectivity index (χ3v) is 5.54. The fraction of sp³-hybridized carbons (Fsp3) is 1.00. The number of ether oxygens (including phenoxy) is 1. The van der Waals surface area contributed by atoms with Crippen molar-refractivity contribution in [2.24, 2.45) is 5.92 Å². The zero-order valence-electron chi connectivity index (χ0n) is 14.3. The largest absolute Gasteiger partial charge is 0.378 e. The molecule has 0 spiro atoms. The van der Waals surface area contributed by atoms with Crippen molar-refractivity contribution in [3.05, 3.63) is 0 Å². The molecule has 114 valence electrons. The van der Waals surface area contributed by atoms with E-state index in [0.29, 0.717) is 0 Å². The SMILES string of the molecule is CCC(C)(CC(C)(C)N(C)C1CCC(C)CC1)OC. The lowest BCUT2D eigenvalue weighted by Gasteiger charge is -2.47. The van der Waals surface area contributed by atoms with Crippen molar-refractivity contribution in [1.29, 1.82) is 0 Å². The predicted octanol–water partition coefficient (Wildman–Crippen LogP) is 4.48. The summed E-state index contributed by atoms with van der Waals surface area (Å²) in [5.74, 6) is 0.924. The van der Waals surface area contributed by atoms with Crippen LogP contribution >= 0.6 is 0 Å². The average molecular weight is 269 g/mol. The Morgan fingerprint density at radius 1 is 1.11 bits per heavy atom. The molecule has 1 rings (SSSR count). The first-order valence-electron chi connectivity index (χ1n) is 8.02. The Morgan fingerprint density at radius 2 is 1.63 bits per heavy atom. The van der Waals surface area contributed by atoms with Gasteiger partial charge in [-0.3, -0.25) is 4.90 Å². The van der Waals surface area contributed by atoms with Crippen molar-refractivity contribution in [2.75, 3.05) is 14.2 Å². The van der Waals surface area contributed by atoms with Crippen LogP contribution in [0.5, 0.6) is 0 Å². The topological polar surface area (TPSA) is 12.5 Å². The lowest BCUT2D eigenvalue weighted by atomic mass is 9.81. The number of nitrogens with zero attached hydrogens (tertiary/aromatic N) is 1. The molecule has 1 fully saturated rings. The number of methoxy groups -OCH3 is 1. The zero-order chi connectivity index (χ0) is 14.7. The van der Waals surface area contributed by atoms with Crippen LogP contribution in [0.15, 0.2) is 0 Å². The summed E-state index contributed by atoms with van der Waals surface area (Å²) in [7, 11) is 4.16. The fourth-order valence-corrected chi connectivity index (χ4v) is 3.51. The van der Waals surface area contributed by atoms with Crippen LogP contribution in [-0.2, 0) is 4.74 Å². The Morgan fingerprint density at radius 3 is 2.05 bits per heavy atom. The highest BCUT2D eigenvalue weighted by Gasteiger charge is 2.37. The first-order chi connectivity index (χ1) is 8.74. The summed E-state index contributed by atoms with van der Waals surface area (Å²) in [6.45, 7) is 11.6. The van der Waals surface area contributed by atoms with Gasteiger partial charge in [-0.25, -0.2) is 0 Å². The van der Waals surface area contributed by atoms with E-state index in [0.717, 1.165) is 24.8 Å². The maximum atomic E-state index is 5.75. The second-order valence-corrected chi connectivity index (χ2v) is 7.52. The fourth-order valence-electron chi connectivity index (χ4n) is 3.51. The molecule has 0 radical (unpaired) electrons. The molecule has 0 aromatic rings. The molecule has 2 nitrogen and oxygen atoms in total. The van der Waals surface area contributed by atoms with Gasteiger partial charge in [0.05, 0.1) is 5.60 Å². The number of hydrogen-bond acceptors (Lipinski definition) is 2. The maximum absolute atomic E-state index is 5.75. The summed E-state index contributed by atoms with van der Waals surface area (Å²) in [5.41, 5.74) is 0.200. The van der Waals surface area contributed by atoms with Crippen molar-refractivity contribution in [3.8, 4) is 0 Å². The van der Waals surface area contributed by atoms with Crippen LogP contribution < -0.4 is 0 Å². The highest BCUT2D eigenvalue weighted by Crippen LogP contribution is 2.35. The van der Waals surface area contributed by atoms with Gasteiger partial charge in [0.15, 0.2) is 0 Å². The van der Waals surface area contributed by atoms with E-state index in [1.807, 2.05) is 7.11 Å². The molecule has 1 saturated carbocycles. The highest BCUT2D eigenvalue weighted by atomic mass is 16.5. The number of rotatable bonds is 6. The first-order valence-corrected chi connectivity index (χ1v) is 8.02. The van der Waals surface area contributed by atoms with Crippen LogP contribution in [0, 0.1) is 5.92 Å². The molecule has 0 aromatic heterocycles. The molecule has 2 heteroatoms. The predicted molar refractivity (Wildman–Crippen MR) is 83.6 cm³/mol. The standard InChI is InChI=1S/C17H35NO/c1-8-17(5,19-7)13-16(3,4)18(6)15-11-9-14(2)10-12-15/h14-15H,8-13H2,1-7H3. The average Bonchev–Trinajstić information content (AvgIpc) is 2.38. The third kappa shape index (κ3) is 4.46. The monoisotopic (exact) mass is 269 g/mol. The van der Waals surface area contributed by atoms with E-state index in [9.17, 15) is 0 Å². The Bertz CT molecular complexity index is 262. The van der Waals surface area contributed by atoms with Gasteiger partial charge in [-0.15, -0.1) is 0 Å². The second-order valence-electron chi connectivity index (χ2n) is 7.52. The summed E-state index contributed by atoms with van der Waals surface area (Å²) in [6, 6.07) is 0.754. The molecule has 0 bridgehead atoms.